The minimum absolute atomic E-state index is 0.0745. The van der Waals surface area contributed by atoms with Crippen LogP contribution >= 0.6 is 0 Å². The van der Waals surface area contributed by atoms with Crippen LogP contribution in [0.2, 0.25) is 0 Å². The Morgan fingerprint density at radius 3 is 2.26 bits per heavy atom. The van der Waals surface area contributed by atoms with Crippen molar-refractivity contribution in [2.24, 2.45) is 0 Å². The van der Waals surface area contributed by atoms with Gasteiger partial charge in [-0.15, -0.1) is 0 Å². The molecule has 6 heteroatoms. The quantitative estimate of drug-likeness (QED) is 0.830. The van der Waals surface area contributed by atoms with Crippen molar-refractivity contribution >= 4 is 5.95 Å². The number of benzene rings is 1. The van der Waals surface area contributed by atoms with Crippen molar-refractivity contribution in [2.45, 2.75) is 31.9 Å². The van der Waals surface area contributed by atoms with Crippen LogP contribution < -0.4 is 4.90 Å². The van der Waals surface area contributed by atoms with Crippen molar-refractivity contribution in [3.05, 3.63) is 53.3 Å². The van der Waals surface area contributed by atoms with Crippen LogP contribution in [0.1, 0.15) is 35.4 Å². The Labute approximate surface area is 133 Å². The zero-order chi connectivity index (χ0) is 16.4. The smallest absolute Gasteiger partial charge is 0.341 e. The summed E-state index contributed by atoms with van der Waals surface area (Å²) < 4.78 is 39.5. The Morgan fingerprint density at radius 2 is 1.65 bits per heavy atom. The molecule has 0 unspecified atom stereocenters. The predicted molar refractivity (Wildman–Crippen MR) is 82.4 cm³/mol. The Balaban J connectivity index is 1.74. The van der Waals surface area contributed by atoms with Gasteiger partial charge in [-0.05, 0) is 42.9 Å². The normalized spacial score (nSPS) is 16.6. The molecule has 0 saturated carbocycles. The lowest BCUT2D eigenvalue weighted by Gasteiger charge is -2.33. The van der Waals surface area contributed by atoms with Gasteiger partial charge in [-0.1, -0.05) is 18.2 Å². The maximum Gasteiger partial charge on any atom is 0.416 e. The number of halogens is 3. The number of hydrogen-bond donors (Lipinski definition) is 0. The van der Waals surface area contributed by atoms with Gasteiger partial charge < -0.3 is 4.90 Å². The monoisotopic (exact) mass is 321 g/mol. The lowest BCUT2D eigenvalue weighted by molar-refractivity contribution is -0.138. The molecule has 122 valence electrons. The van der Waals surface area contributed by atoms with Crippen molar-refractivity contribution in [1.82, 2.24) is 9.97 Å². The second kappa shape index (κ2) is 6.18. The van der Waals surface area contributed by atoms with E-state index in [0.29, 0.717) is 37.4 Å². The first kappa shape index (κ1) is 15.8. The molecule has 0 spiro atoms. The van der Waals surface area contributed by atoms with E-state index in [-0.39, 0.29) is 5.92 Å². The van der Waals surface area contributed by atoms with Gasteiger partial charge in [-0.2, -0.15) is 13.2 Å². The molecule has 0 radical (unpaired) electrons. The second-order valence-electron chi connectivity index (χ2n) is 5.91. The van der Waals surface area contributed by atoms with E-state index in [1.54, 1.807) is 24.5 Å². The Hall–Kier alpha value is -2.11. The van der Waals surface area contributed by atoms with Crippen molar-refractivity contribution < 1.29 is 13.2 Å². The van der Waals surface area contributed by atoms with E-state index < -0.39 is 11.7 Å². The minimum Gasteiger partial charge on any atom is -0.341 e. The van der Waals surface area contributed by atoms with E-state index in [1.807, 2.05) is 11.8 Å². The van der Waals surface area contributed by atoms with Crippen molar-refractivity contribution in [1.29, 1.82) is 0 Å². The molecule has 0 amide bonds. The summed E-state index contributed by atoms with van der Waals surface area (Å²) in [7, 11) is 0. The fourth-order valence-electron chi connectivity index (χ4n) is 3.05. The van der Waals surface area contributed by atoms with E-state index in [0.717, 1.165) is 5.56 Å². The Morgan fingerprint density at radius 1 is 1.04 bits per heavy atom. The number of aryl methyl sites for hydroxylation is 1. The number of anilines is 1. The molecule has 0 aliphatic carbocycles. The van der Waals surface area contributed by atoms with Crippen LogP contribution in [0, 0.1) is 6.92 Å². The van der Waals surface area contributed by atoms with Crippen LogP contribution in [0.4, 0.5) is 19.1 Å². The van der Waals surface area contributed by atoms with Gasteiger partial charge >= 0.3 is 6.18 Å². The minimum atomic E-state index is -4.30. The molecule has 1 aliphatic heterocycles. The highest BCUT2D eigenvalue weighted by atomic mass is 19.4. The van der Waals surface area contributed by atoms with Gasteiger partial charge in [-0.3, -0.25) is 0 Å². The summed E-state index contributed by atoms with van der Waals surface area (Å²) in [5.41, 5.74) is 0.886. The number of piperidine rings is 1. The largest absolute Gasteiger partial charge is 0.416 e. The Bertz CT molecular complexity index is 660. The molecule has 3 rings (SSSR count). The molecule has 1 saturated heterocycles. The summed E-state index contributed by atoms with van der Waals surface area (Å²) >= 11 is 0. The molecule has 2 heterocycles. The summed E-state index contributed by atoms with van der Waals surface area (Å²) in [6.07, 6.45) is 0.559. The third-order valence-corrected chi connectivity index (χ3v) is 4.25. The molecule has 1 aromatic heterocycles. The van der Waals surface area contributed by atoms with Crippen molar-refractivity contribution in [3.8, 4) is 0 Å². The summed E-state index contributed by atoms with van der Waals surface area (Å²) in [5, 5.41) is 0. The summed E-state index contributed by atoms with van der Waals surface area (Å²) in [6.45, 7) is 3.25. The van der Waals surface area contributed by atoms with E-state index in [4.69, 9.17) is 0 Å². The van der Waals surface area contributed by atoms with E-state index in [2.05, 4.69) is 9.97 Å². The summed E-state index contributed by atoms with van der Waals surface area (Å²) in [6, 6.07) is 5.90. The lowest BCUT2D eigenvalue weighted by Crippen LogP contribution is -2.34. The average molecular weight is 321 g/mol. The molecular weight excluding hydrogens is 303 g/mol. The molecular formula is C17H18F3N3. The zero-order valence-electron chi connectivity index (χ0n) is 12.8. The zero-order valence-corrected chi connectivity index (χ0v) is 12.8. The SMILES string of the molecule is Cc1cnc(N2CCC(c3ccccc3C(F)(F)F)CC2)nc1. The predicted octanol–water partition coefficient (Wildman–Crippen LogP) is 4.19. The fraction of sp³-hybridized carbons (Fsp3) is 0.412. The Kier molecular flexibility index (Phi) is 4.24. The highest BCUT2D eigenvalue weighted by Crippen LogP contribution is 2.38. The van der Waals surface area contributed by atoms with Crippen LogP contribution in [0.15, 0.2) is 36.7 Å². The summed E-state index contributed by atoms with van der Waals surface area (Å²) in [4.78, 5) is 10.6. The highest BCUT2D eigenvalue weighted by molar-refractivity contribution is 5.36. The van der Waals surface area contributed by atoms with E-state index in [9.17, 15) is 13.2 Å². The van der Waals surface area contributed by atoms with E-state index in [1.165, 1.54) is 12.1 Å². The van der Waals surface area contributed by atoms with Crippen molar-refractivity contribution in [3.63, 3.8) is 0 Å². The van der Waals surface area contributed by atoms with Crippen LogP contribution in [-0.2, 0) is 6.18 Å². The first-order valence-corrected chi connectivity index (χ1v) is 7.65. The standard InChI is InChI=1S/C17H18F3N3/c1-12-10-21-16(22-11-12)23-8-6-13(7-9-23)14-4-2-3-5-15(14)17(18,19)20/h2-5,10-11,13H,6-9H2,1H3. The van der Waals surface area contributed by atoms with E-state index >= 15 is 0 Å². The first-order valence-electron chi connectivity index (χ1n) is 7.65. The van der Waals surface area contributed by atoms with Gasteiger partial charge in [0.25, 0.3) is 0 Å². The van der Waals surface area contributed by atoms with Crippen LogP contribution in [0.5, 0.6) is 0 Å². The lowest BCUT2D eigenvalue weighted by atomic mass is 9.86. The highest BCUT2D eigenvalue weighted by Gasteiger charge is 2.35. The number of rotatable bonds is 2. The van der Waals surface area contributed by atoms with Crippen molar-refractivity contribution in [2.75, 3.05) is 18.0 Å². The second-order valence-corrected chi connectivity index (χ2v) is 5.91. The molecule has 0 atom stereocenters. The van der Waals surface area contributed by atoms with Gasteiger partial charge in [0.1, 0.15) is 0 Å². The maximum atomic E-state index is 13.2. The van der Waals surface area contributed by atoms with Gasteiger partial charge in [0.15, 0.2) is 0 Å². The summed E-state index contributed by atoms with van der Waals surface area (Å²) in [5.74, 6) is 0.577. The number of alkyl halides is 3. The first-order chi connectivity index (χ1) is 10.9. The topological polar surface area (TPSA) is 29.0 Å². The van der Waals surface area contributed by atoms with Crippen LogP contribution in [-0.4, -0.2) is 23.1 Å². The third-order valence-electron chi connectivity index (χ3n) is 4.25. The van der Waals surface area contributed by atoms with Gasteiger partial charge in [0, 0.05) is 25.5 Å². The fourth-order valence-corrected chi connectivity index (χ4v) is 3.05. The number of nitrogens with zero attached hydrogens (tertiary/aromatic N) is 3. The van der Waals surface area contributed by atoms with Crippen LogP contribution in [0.3, 0.4) is 0 Å². The molecule has 0 N–H and O–H groups in total. The van der Waals surface area contributed by atoms with Gasteiger partial charge in [0.05, 0.1) is 5.56 Å². The molecule has 3 nitrogen and oxygen atoms in total. The maximum absolute atomic E-state index is 13.2. The molecule has 1 aromatic carbocycles. The van der Waals surface area contributed by atoms with Gasteiger partial charge in [-0.25, -0.2) is 9.97 Å². The number of aromatic nitrogens is 2. The van der Waals surface area contributed by atoms with Crippen LogP contribution in [0.25, 0.3) is 0 Å². The number of hydrogen-bond acceptors (Lipinski definition) is 3. The molecule has 1 aliphatic rings. The molecule has 0 bridgehead atoms. The molecule has 1 fully saturated rings. The molecule has 23 heavy (non-hydrogen) atoms. The molecule has 2 aromatic rings. The third kappa shape index (κ3) is 3.46. The average Bonchev–Trinajstić information content (AvgIpc) is 2.55. The van der Waals surface area contributed by atoms with Gasteiger partial charge in [0.2, 0.25) is 5.95 Å².